The molecule has 3 aromatic carbocycles. The Morgan fingerprint density at radius 3 is 1.70 bits per heavy atom. The second-order valence-corrected chi connectivity index (χ2v) is 12.3. The van der Waals surface area contributed by atoms with Gasteiger partial charge in [0.2, 0.25) is 0 Å². The maximum absolute atomic E-state index is 14.3. The molecule has 0 aliphatic rings. The number of halogens is 9. The van der Waals surface area contributed by atoms with E-state index in [9.17, 15) is 57.5 Å². The Balaban J connectivity index is 1.68. The number of anilines is 2. The van der Waals surface area contributed by atoms with Crippen LogP contribution in [-0.4, -0.2) is 31.1 Å². The molecule has 0 radical (unpaired) electrons. The molecule has 1 heterocycles. The zero-order valence-electron chi connectivity index (χ0n) is 24.2. The number of aryl methyl sites for hydroxylation is 1. The Bertz CT molecular complexity index is 1980. The van der Waals surface area contributed by atoms with E-state index in [1.807, 2.05) is 5.32 Å². The van der Waals surface area contributed by atoms with Gasteiger partial charge in [-0.3, -0.25) is 9.59 Å². The number of nitrogens with zero attached hydrogens (tertiary/aromatic N) is 1. The number of sulfone groups is 1. The normalized spacial score (nSPS) is 12.6. The van der Waals surface area contributed by atoms with Crippen LogP contribution in [0.1, 0.15) is 48.8 Å². The molecule has 0 bridgehead atoms. The third-order valence-corrected chi connectivity index (χ3v) is 8.04. The highest BCUT2D eigenvalue weighted by molar-refractivity contribution is 7.90. The fraction of sp³-hybridized carbons (Fsp3) is 0.200. The maximum Gasteiger partial charge on any atom is 0.418 e. The Labute approximate surface area is 260 Å². The Morgan fingerprint density at radius 2 is 1.17 bits per heavy atom. The zero-order chi connectivity index (χ0) is 35.3. The predicted octanol–water partition coefficient (Wildman–Crippen LogP) is 8.06. The van der Waals surface area contributed by atoms with Crippen LogP contribution in [0.25, 0.3) is 5.69 Å². The molecular weight excluding hydrogens is 669 g/mol. The quantitative estimate of drug-likeness (QED) is 0.200. The lowest BCUT2D eigenvalue weighted by molar-refractivity contribution is -0.143. The maximum atomic E-state index is 14.3. The fourth-order valence-electron chi connectivity index (χ4n) is 4.73. The van der Waals surface area contributed by atoms with Crippen molar-refractivity contribution in [3.8, 4) is 5.69 Å². The van der Waals surface area contributed by atoms with Gasteiger partial charge in [-0.05, 0) is 80.6 Å². The van der Waals surface area contributed by atoms with E-state index in [4.69, 9.17) is 0 Å². The first-order chi connectivity index (χ1) is 21.5. The number of hydrogen-bond donors (Lipinski definition) is 2. The summed E-state index contributed by atoms with van der Waals surface area (Å²) in [6, 6.07) is 9.00. The van der Waals surface area contributed by atoms with Gasteiger partial charge in [-0.25, -0.2) is 8.42 Å². The van der Waals surface area contributed by atoms with Gasteiger partial charge in [-0.1, -0.05) is 0 Å². The smallest absolute Gasteiger partial charge is 0.322 e. The molecule has 0 fully saturated rings. The minimum absolute atomic E-state index is 0.00635. The summed E-state index contributed by atoms with van der Waals surface area (Å²) in [4.78, 5) is 25.7. The van der Waals surface area contributed by atoms with E-state index in [0.717, 1.165) is 23.0 Å². The molecule has 4 aromatic rings. The molecule has 0 aliphatic carbocycles. The number of carbonyl (C=O) groups excluding carboxylic acids is 2. The van der Waals surface area contributed by atoms with Gasteiger partial charge >= 0.3 is 18.5 Å². The van der Waals surface area contributed by atoms with Crippen LogP contribution in [0.5, 0.6) is 0 Å². The van der Waals surface area contributed by atoms with Gasteiger partial charge < -0.3 is 15.2 Å². The third kappa shape index (κ3) is 7.61. The van der Waals surface area contributed by atoms with Crippen LogP contribution in [-0.2, 0) is 28.4 Å². The van der Waals surface area contributed by atoms with E-state index >= 15 is 0 Å². The molecule has 7 nitrogen and oxygen atoms in total. The molecule has 2 N–H and O–H groups in total. The Hall–Kier alpha value is -4.80. The second-order valence-electron chi connectivity index (χ2n) is 10.3. The van der Waals surface area contributed by atoms with Gasteiger partial charge in [-0.2, -0.15) is 39.5 Å². The van der Waals surface area contributed by atoms with Gasteiger partial charge in [-0.15, -0.1) is 0 Å². The van der Waals surface area contributed by atoms with Crippen LogP contribution in [0, 0.1) is 13.8 Å². The van der Waals surface area contributed by atoms with E-state index in [0.29, 0.717) is 6.07 Å². The molecule has 47 heavy (non-hydrogen) atoms. The first kappa shape index (κ1) is 35.1. The first-order valence-electron chi connectivity index (χ1n) is 13.1. The van der Waals surface area contributed by atoms with Crippen LogP contribution in [0.3, 0.4) is 0 Å². The van der Waals surface area contributed by atoms with E-state index < -0.39 is 73.8 Å². The average Bonchev–Trinajstić information content (AvgIpc) is 3.24. The first-order valence-corrected chi connectivity index (χ1v) is 15.0. The molecule has 17 heteroatoms. The molecule has 0 atom stereocenters. The summed E-state index contributed by atoms with van der Waals surface area (Å²) in [7, 11) is -3.51. The van der Waals surface area contributed by atoms with Crippen molar-refractivity contribution >= 4 is 33.0 Å². The summed E-state index contributed by atoms with van der Waals surface area (Å²) in [5.74, 6) is -2.34. The highest BCUT2D eigenvalue weighted by Crippen LogP contribution is 2.39. The van der Waals surface area contributed by atoms with Gasteiger partial charge in [0.05, 0.1) is 38.4 Å². The predicted molar refractivity (Wildman–Crippen MR) is 152 cm³/mol. The third-order valence-electron chi connectivity index (χ3n) is 6.91. The number of aromatic nitrogens is 1. The van der Waals surface area contributed by atoms with Crippen molar-refractivity contribution in [3.63, 3.8) is 0 Å². The minimum Gasteiger partial charge on any atom is -0.322 e. The number of rotatable bonds is 6. The minimum atomic E-state index is -5.40. The zero-order valence-corrected chi connectivity index (χ0v) is 25.1. The molecule has 250 valence electrons. The summed E-state index contributed by atoms with van der Waals surface area (Å²) in [5.41, 5.74) is -6.97. The highest BCUT2D eigenvalue weighted by Gasteiger charge is 2.40. The topological polar surface area (TPSA) is 97.3 Å². The molecule has 0 aliphatic heterocycles. The largest absolute Gasteiger partial charge is 0.418 e. The van der Waals surface area contributed by atoms with Gasteiger partial charge in [0.25, 0.3) is 11.8 Å². The van der Waals surface area contributed by atoms with Crippen LogP contribution in [0.15, 0.2) is 71.6 Å². The number of amides is 2. The number of alkyl halides is 9. The van der Waals surface area contributed by atoms with Crippen molar-refractivity contribution in [2.24, 2.45) is 0 Å². The van der Waals surface area contributed by atoms with E-state index in [1.54, 1.807) is 0 Å². The van der Waals surface area contributed by atoms with Crippen LogP contribution in [0.2, 0.25) is 0 Å². The summed E-state index contributed by atoms with van der Waals surface area (Å²) in [6.45, 7) is 2.76. The van der Waals surface area contributed by atoms with Crippen molar-refractivity contribution in [1.82, 2.24) is 4.57 Å². The number of carbonyl (C=O) groups is 2. The SMILES string of the molecule is Cc1cc(C(=O)Nc2ccc(S(C)(=O)=O)cc2)c(C)n1-c1ccc(NC(=O)c2ccc(C(F)(F)F)cc2C(F)(F)F)cc1C(F)(F)F. The van der Waals surface area contributed by atoms with Crippen molar-refractivity contribution < 1.29 is 57.5 Å². The standard InChI is InChI=1S/C30H22F9N3O4S/c1-15-12-22(27(44)40-18-5-8-20(9-6-18)47(3,45)46)16(2)42(15)25-11-7-19(14-24(25)30(37,38)39)41-26(43)21-10-4-17(28(31,32)33)13-23(21)29(34,35)36/h4-14H,1-3H3,(H,40,44)(H,41,43). The lowest BCUT2D eigenvalue weighted by Crippen LogP contribution is -2.21. The molecule has 4 rings (SSSR count). The van der Waals surface area contributed by atoms with E-state index in [2.05, 4.69) is 5.32 Å². The summed E-state index contributed by atoms with van der Waals surface area (Å²) in [6.07, 6.45) is -14.7. The van der Waals surface area contributed by atoms with Crippen LogP contribution < -0.4 is 10.6 Å². The Kier molecular flexibility index (Phi) is 9.02. The van der Waals surface area contributed by atoms with Gasteiger partial charge in [0.1, 0.15) is 0 Å². The van der Waals surface area contributed by atoms with E-state index in [-0.39, 0.29) is 45.7 Å². The summed E-state index contributed by atoms with van der Waals surface area (Å²) < 4.78 is 147. The van der Waals surface area contributed by atoms with Gasteiger partial charge in [0.15, 0.2) is 9.84 Å². The van der Waals surface area contributed by atoms with Crippen LogP contribution in [0.4, 0.5) is 50.9 Å². The molecule has 0 spiro atoms. The average molecular weight is 692 g/mol. The summed E-state index contributed by atoms with van der Waals surface area (Å²) in [5, 5.41) is 4.41. The lowest BCUT2D eigenvalue weighted by Gasteiger charge is -2.19. The number of nitrogens with one attached hydrogen (secondary N) is 2. The lowest BCUT2D eigenvalue weighted by atomic mass is 10.0. The summed E-state index contributed by atoms with van der Waals surface area (Å²) >= 11 is 0. The second kappa shape index (κ2) is 12.1. The molecule has 0 saturated heterocycles. The monoisotopic (exact) mass is 691 g/mol. The molecular formula is C30H22F9N3O4S. The molecule has 0 saturated carbocycles. The van der Waals surface area contributed by atoms with Crippen molar-refractivity contribution in [3.05, 3.63) is 106 Å². The number of benzene rings is 3. The number of hydrogen-bond acceptors (Lipinski definition) is 4. The van der Waals surface area contributed by atoms with Crippen molar-refractivity contribution in [2.75, 3.05) is 16.9 Å². The van der Waals surface area contributed by atoms with Crippen LogP contribution >= 0.6 is 0 Å². The van der Waals surface area contributed by atoms with Crippen molar-refractivity contribution in [2.45, 2.75) is 37.3 Å². The fourth-order valence-corrected chi connectivity index (χ4v) is 5.37. The molecule has 1 aromatic heterocycles. The Morgan fingerprint density at radius 1 is 0.638 bits per heavy atom. The van der Waals surface area contributed by atoms with Gasteiger partial charge in [0, 0.05) is 29.0 Å². The van der Waals surface area contributed by atoms with E-state index in [1.165, 1.54) is 44.2 Å². The molecule has 2 amide bonds. The molecule has 0 unspecified atom stereocenters. The van der Waals surface area contributed by atoms with Crippen molar-refractivity contribution in [1.29, 1.82) is 0 Å². The highest BCUT2D eigenvalue weighted by atomic mass is 32.2.